The van der Waals surface area contributed by atoms with Crippen molar-refractivity contribution < 1.29 is 14.3 Å². The van der Waals surface area contributed by atoms with Crippen LogP contribution in [-0.4, -0.2) is 17.6 Å². The van der Waals surface area contributed by atoms with Crippen LogP contribution in [0.15, 0.2) is 48.5 Å². The summed E-state index contributed by atoms with van der Waals surface area (Å²) in [5.41, 5.74) is 2.09. The first-order valence-corrected chi connectivity index (χ1v) is 6.43. The van der Waals surface area contributed by atoms with E-state index >= 15 is 0 Å². The molecule has 104 valence electrons. The Bertz CT molecular complexity index is 596. The van der Waals surface area contributed by atoms with E-state index in [0.29, 0.717) is 6.54 Å². The SMILES string of the molecule is CCN(Cc1ccc(F)cc1)c1cccc(C(=O)O)c1. The predicted octanol–water partition coefficient (Wildman–Crippen LogP) is 3.55. The second-order valence-electron chi connectivity index (χ2n) is 4.50. The number of anilines is 1. The number of nitrogens with zero attached hydrogens (tertiary/aromatic N) is 1. The number of aromatic carboxylic acids is 1. The van der Waals surface area contributed by atoms with Gasteiger partial charge in [0, 0.05) is 18.8 Å². The average Bonchev–Trinajstić information content (AvgIpc) is 2.46. The van der Waals surface area contributed by atoms with E-state index in [4.69, 9.17) is 5.11 Å². The van der Waals surface area contributed by atoms with Gasteiger partial charge < -0.3 is 10.0 Å². The zero-order valence-electron chi connectivity index (χ0n) is 11.2. The Morgan fingerprint density at radius 1 is 1.20 bits per heavy atom. The summed E-state index contributed by atoms with van der Waals surface area (Å²) >= 11 is 0. The third-order valence-electron chi connectivity index (χ3n) is 3.13. The van der Waals surface area contributed by atoms with Gasteiger partial charge in [-0.15, -0.1) is 0 Å². The minimum atomic E-state index is -0.940. The van der Waals surface area contributed by atoms with Crippen LogP contribution in [0, 0.1) is 5.82 Å². The maximum Gasteiger partial charge on any atom is 0.335 e. The van der Waals surface area contributed by atoms with E-state index in [2.05, 4.69) is 0 Å². The monoisotopic (exact) mass is 273 g/mol. The summed E-state index contributed by atoms with van der Waals surface area (Å²) in [5, 5.41) is 9.02. The summed E-state index contributed by atoms with van der Waals surface area (Å²) in [6.45, 7) is 3.34. The highest BCUT2D eigenvalue weighted by atomic mass is 19.1. The van der Waals surface area contributed by atoms with Crippen molar-refractivity contribution >= 4 is 11.7 Å². The first-order chi connectivity index (χ1) is 9.60. The third kappa shape index (κ3) is 3.35. The number of rotatable bonds is 5. The van der Waals surface area contributed by atoms with Gasteiger partial charge in [-0.1, -0.05) is 18.2 Å². The van der Waals surface area contributed by atoms with Gasteiger partial charge in [-0.25, -0.2) is 9.18 Å². The Kier molecular flexibility index (Phi) is 4.35. The van der Waals surface area contributed by atoms with E-state index in [0.717, 1.165) is 17.8 Å². The summed E-state index contributed by atoms with van der Waals surface area (Å²) in [4.78, 5) is 13.0. The second kappa shape index (κ2) is 6.19. The molecule has 0 fully saturated rings. The van der Waals surface area contributed by atoms with Crippen LogP contribution >= 0.6 is 0 Å². The molecule has 0 aliphatic carbocycles. The van der Waals surface area contributed by atoms with Crippen molar-refractivity contribution in [2.75, 3.05) is 11.4 Å². The fourth-order valence-electron chi connectivity index (χ4n) is 2.03. The van der Waals surface area contributed by atoms with Crippen molar-refractivity contribution in [2.45, 2.75) is 13.5 Å². The first kappa shape index (κ1) is 14.1. The van der Waals surface area contributed by atoms with Crippen LogP contribution in [0.1, 0.15) is 22.8 Å². The molecule has 0 amide bonds. The molecule has 0 saturated heterocycles. The van der Waals surface area contributed by atoms with Crippen molar-refractivity contribution in [2.24, 2.45) is 0 Å². The molecule has 2 aromatic rings. The molecule has 0 aliphatic rings. The van der Waals surface area contributed by atoms with Gasteiger partial charge in [-0.3, -0.25) is 0 Å². The summed E-state index contributed by atoms with van der Waals surface area (Å²) in [7, 11) is 0. The normalized spacial score (nSPS) is 10.3. The lowest BCUT2D eigenvalue weighted by Crippen LogP contribution is -2.22. The van der Waals surface area contributed by atoms with E-state index in [-0.39, 0.29) is 11.4 Å². The van der Waals surface area contributed by atoms with Gasteiger partial charge in [0.05, 0.1) is 5.56 Å². The van der Waals surface area contributed by atoms with Crippen molar-refractivity contribution in [3.63, 3.8) is 0 Å². The third-order valence-corrected chi connectivity index (χ3v) is 3.13. The summed E-state index contributed by atoms with van der Waals surface area (Å²) in [6, 6.07) is 13.1. The Morgan fingerprint density at radius 3 is 2.50 bits per heavy atom. The van der Waals surface area contributed by atoms with Crippen LogP contribution in [0.5, 0.6) is 0 Å². The van der Waals surface area contributed by atoms with Gasteiger partial charge in [0.25, 0.3) is 0 Å². The molecule has 0 spiro atoms. The molecule has 1 N–H and O–H groups in total. The van der Waals surface area contributed by atoms with E-state index in [1.54, 1.807) is 30.3 Å². The zero-order chi connectivity index (χ0) is 14.5. The molecule has 20 heavy (non-hydrogen) atoms. The molecule has 0 saturated carbocycles. The van der Waals surface area contributed by atoms with Gasteiger partial charge in [0.2, 0.25) is 0 Å². The van der Waals surface area contributed by atoms with Gasteiger partial charge in [0.1, 0.15) is 5.82 Å². The van der Waals surface area contributed by atoms with Crippen molar-refractivity contribution in [1.29, 1.82) is 0 Å². The first-order valence-electron chi connectivity index (χ1n) is 6.43. The zero-order valence-corrected chi connectivity index (χ0v) is 11.2. The fourth-order valence-corrected chi connectivity index (χ4v) is 2.03. The number of benzene rings is 2. The Labute approximate surface area is 117 Å². The van der Waals surface area contributed by atoms with Gasteiger partial charge in [-0.05, 0) is 42.8 Å². The molecule has 2 aromatic carbocycles. The Balaban J connectivity index is 2.21. The highest BCUT2D eigenvalue weighted by molar-refractivity contribution is 5.88. The minimum Gasteiger partial charge on any atom is -0.478 e. The molecule has 2 rings (SSSR count). The smallest absolute Gasteiger partial charge is 0.335 e. The Hall–Kier alpha value is -2.36. The molecule has 3 nitrogen and oxygen atoms in total. The summed E-state index contributed by atoms with van der Waals surface area (Å²) < 4.78 is 12.9. The van der Waals surface area contributed by atoms with Gasteiger partial charge in [-0.2, -0.15) is 0 Å². The lowest BCUT2D eigenvalue weighted by molar-refractivity contribution is 0.0697. The largest absolute Gasteiger partial charge is 0.478 e. The predicted molar refractivity (Wildman–Crippen MR) is 76.5 cm³/mol. The fraction of sp³-hybridized carbons (Fsp3) is 0.188. The topological polar surface area (TPSA) is 40.5 Å². The van der Waals surface area contributed by atoms with Crippen LogP contribution in [0.3, 0.4) is 0 Å². The number of carbonyl (C=O) groups is 1. The standard InChI is InChI=1S/C16H16FNO2/c1-2-18(11-12-6-8-14(17)9-7-12)15-5-3-4-13(10-15)16(19)20/h3-10H,2,11H2,1H3,(H,19,20). The maximum atomic E-state index is 12.9. The number of carboxylic acids is 1. The molecular weight excluding hydrogens is 257 g/mol. The molecular formula is C16H16FNO2. The van der Waals surface area contributed by atoms with Gasteiger partial charge in [0.15, 0.2) is 0 Å². The highest BCUT2D eigenvalue weighted by Crippen LogP contribution is 2.19. The van der Waals surface area contributed by atoms with Crippen LogP contribution in [0.2, 0.25) is 0 Å². The molecule has 0 aromatic heterocycles. The quantitative estimate of drug-likeness (QED) is 0.905. The summed E-state index contributed by atoms with van der Waals surface area (Å²) in [5.74, 6) is -1.20. The lowest BCUT2D eigenvalue weighted by Gasteiger charge is -2.23. The molecule has 0 heterocycles. The lowest BCUT2D eigenvalue weighted by atomic mass is 10.1. The van der Waals surface area contributed by atoms with Crippen molar-refractivity contribution in [3.8, 4) is 0 Å². The molecule has 0 bridgehead atoms. The average molecular weight is 273 g/mol. The Morgan fingerprint density at radius 2 is 1.90 bits per heavy atom. The van der Waals surface area contributed by atoms with Crippen LogP contribution in [0.4, 0.5) is 10.1 Å². The molecule has 0 atom stereocenters. The maximum absolute atomic E-state index is 12.9. The minimum absolute atomic E-state index is 0.260. The van der Waals surface area contributed by atoms with E-state index < -0.39 is 5.97 Å². The molecule has 0 aliphatic heterocycles. The van der Waals surface area contributed by atoms with Crippen molar-refractivity contribution in [3.05, 3.63) is 65.5 Å². The molecule has 4 heteroatoms. The number of halogens is 1. The van der Waals surface area contributed by atoms with E-state index in [9.17, 15) is 9.18 Å². The molecule has 0 radical (unpaired) electrons. The highest BCUT2D eigenvalue weighted by Gasteiger charge is 2.09. The number of hydrogen-bond acceptors (Lipinski definition) is 2. The van der Waals surface area contributed by atoms with E-state index in [1.165, 1.54) is 12.1 Å². The van der Waals surface area contributed by atoms with Crippen molar-refractivity contribution in [1.82, 2.24) is 0 Å². The van der Waals surface area contributed by atoms with Crippen LogP contribution in [0.25, 0.3) is 0 Å². The van der Waals surface area contributed by atoms with Crippen LogP contribution in [-0.2, 0) is 6.54 Å². The van der Waals surface area contributed by atoms with E-state index in [1.807, 2.05) is 17.9 Å². The van der Waals surface area contributed by atoms with Gasteiger partial charge >= 0.3 is 5.97 Å². The second-order valence-corrected chi connectivity index (χ2v) is 4.50. The van der Waals surface area contributed by atoms with Crippen LogP contribution < -0.4 is 4.90 Å². The number of hydrogen-bond donors (Lipinski definition) is 1. The summed E-state index contributed by atoms with van der Waals surface area (Å²) in [6.07, 6.45) is 0. The molecule has 0 unspecified atom stereocenters. The number of carboxylic acid groups (broad SMARTS) is 1.